The van der Waals surface area contributed by atoms with Gasteiger partial charge in [0.05, 0.1) is 6.61 Å². The Kier molecular flexibility index (Phi) is 6.22. The quantitative estimate of drug-likeness (QED) is 0.844. The molecule has 1 aromatic carbocycles. The molecule has 18 heavy (non-hydrogen) atoms. The first-order chi connectivity index (χ1) is 8.61. The van der Waals surface area contributed by atoms with E-state index in [0.29, 0.717) is 6.61 Å². The molecule has 4 heteroatoms. The third-order valence-electron chi connectivity index (χ3n) is 2.46. The average Bonchev–Trinajstić information content (AvgIpc) is 2.34. The fraction of sp³-hybridized carbons (Fsp3) is 0.500. The van der Waals surface area contributed by atoms with Crippen LogP contribution in [0.5, 0.6) is 0 Å². The number of amides is 1. The number of hydrogen-bond donors (Lipinski definition) is 1. The van der Waals surface area contributed by atoms with Gasteiger partial charge in [0.15, 0.2) is 0 Å². The summed E-state index contributed by atoms with van der Waals surface area (Å²) in [4.78, 5) is 13.5. The van der Waals surface area contributed by atoms with Gasteiger partial charge in [-0.1, -0.05) is 19.1 Å². The Morgan fingerprint density at radius 2 is 2.17 bits per heavy atom. The molecule has 4 nitrogen and oxygen atoms in total. The molecule has 0 aliphatic carbocycles. The molecule has 0 unspecified atom stereocenters. The van der Waals surface area contributed by atoms with Crippen molar-refractivity contribution in [1.82, 2.24) is 4.90 Å². The number of nitrogens with zero attached hydrogens (tertiary/aromatic N) is 1. The Morgan fingerprint density at radius 1 is 1.39 bits per heavy atom. The van der Waals surface area contributed by atoms with E-state index in [0.717, 1.165) is 25.1 Å². The number of carbonyl (C=O) groups is 1. The largest absolute Gasteiger partial charge is 0.449 e. The fourth-order valence-electron chi connectivity index (χ4n) is 1.51. The average molecular weight is 250 g/mol. The maximum absolute atomic E-state index is 11.4. The Morgan fingerprint density at radius 3 is 2.83 bits per heavy atom. The molecule has 0 saturated heterocycles. The third kappa shape index (κ3) is 5.68. The Balaban J connectivity index is 2.51. The molecular weight excluding hydrogens is 228 g/mol. The van der Waals surface area contributed by atoms with Crippen LogP contribution in [-0.4, -0.2) is 38.2 Å². The summed E-state index contributed by atoms with van der Waals surface area (Å²) in [6.07, 6.45) is 1.41. The molecule has 0 aromatic heterocycles. The fourth-order valence-corrected chi connectivity index (χ4v) is 1.51. The van der Waals surface area contributed by atoms with Crippen LogP contribution >= 0.6 is 0 Å². The van der Waals surface area contributed by atoms with Gasteiger partial charge in [0, 0.05) is 12.2 Å². The minimum absolute atomic E-state index is 0.387. The highest BCUT2D eigenvalue weighted by atomic mass is 16.5. The molecule has 0 radical (unpaired) electrons. The predicted octanol–water partition coefficient (Wildman–Crippen LogP) is 2.75. The molecular formula is C14H22N2O2. The molecule has 1 N–H and O–H groups in total. The summed E-state index contributed by atoms with van der Waals surface area (Å²) < 4.78 is 4.97. The van der Waals surface area contributed by atoms with Crippen LogP contribution in [0, 0.1) is 0 Å². The van der Waals surface area contributed by atoms with E-state index in [4.69, 9.17) is 4.74 Å². The minimum atomic E-state index is -0.387. The number of nitrogens with one attached hydrogen (secondary N) is 1. The highest BCUT2D eigenvalue weighted by Crippen LogP contribution is 2.11. The highest BCUT2D eigenvalue weighted by molar-refractivity contribution is 5.84. The molecule has 0 spiro atoms. The molecule has 0 fully saturated rings. The Labute approximate surface area is 109 Å². The van der Waals surface area contributed by atoms with Crippen LogP contribution < -0.4 is 5.32 Å². The smallest absolute Gasteiger partial charge is 0.411 e. The van der Waals surface area contributed by atoms with Crippen molar-refractivity contribution in [1.29, 1.82) is 0 Å². The molecule has 0 heterocycles. The Hall–Kier alpha value is -1.55. The summed E-state index contributed by atoms with van der Waals surface area (Å²) in [6, 6.07) is 7.86. The summed E-state index contributed by atoms with van der Waals surface area (Å²) in [5, 5.41) is 2.73. The van der Waals surface area contributed by atoms with Crippen LogP contribution in [0.3, 0.4) is 0 Å². The maximum atomic E-state index is 11.4. The van der Waals surface area contributed by atoms with Crippen LogP contribution in [0.15, 0.2) is 24.3 Å². The van der Waals surface area contributed by atoms with Crippen LogP contribution in [0.1, 0.15) is 18.9 Å². The Bertz CT molecular complexity index is 378. The minimum Gasteiger partial charge on any atom is -0.449 e. The third-order valence-corrected chi connectivity index (χ3v) is 2.46. The van der Waals surface area contributed by atoms with Crippen molar-refractivity contribution in [3.63, 3.8) is 0 Å². The van der Waals surface area contributed by atoms with Gasteiger partial charge >= 0.3 is 6.09 Å². The van der Waals surface area contributed by atoms with Gasteiger partial charge in [0.25, 0.3) is 0 Å². The van der Waals surface area contributed by atoms with Crippen LogP contribution in [0.4, 0.5) is 10.5 Å². The van der Waals surface area contributed by atoms with Crippen LogP contribution in [-0.2, 0) is 11.2 Å². The zero-order valence-electron chi connectivity index (χ0n) is 11.4. The van der Waals surface area contributed by atoms with E-state index in [2.05, 4.69) is 16.3 Å². The van der Waals surface area contributed by atoms with Gasteiger partial charge in [0.2, 0.25) is 0 Å². The lowest BCUT2D eigenvalue weighted by atomic mass is 10.1. The normalized spacial score (nSPS) is 10.4. The zero-order valence-corrected chi connectivity index (χ0v) is 11.4. The first-order valence-corrected chi connectivity index (χ1v) is 6.29. The van der Waals surface area contributed by atoms with E-state index in [1.54, 1.807) is 0 Å². The summed E-state index contributed by atoms with van der Waals surface area (Å²) in [5.41, 5.74) is 1.99. The summed E-state index contributed by atoms with van der Waals surface area (Å²) in [5.74, 6) is 0. The number of carbonyl (C=O) groups excluding carboxylic acids is 1. The number of likely N-dealkylation sites (N-methyl/N-ethyl adjacent to an activating group) is 1. The second-order valence-electron chi connectivity index (χ2n) is 4.51. The van der Waals surface area contributed by atoms with Crippen molar-refractivity contribution in [2.45, 2.75) is 19.8 Å². The SMILES string of the molecule is CCCOC(=O)Nc1cccc(CCN(C)C)c1. The second-order valence-corrected chi connectivity index (χ2v) is 4.51. The summed E-state index contributed by atoms with van der Waals surface area (Å²) in [7, 11) is 4.09. The van der Waals surface area contributed by atoms with Crippen molar-refractivity contribution < 1.29 is 9.53 Å². The topological polar surface area (TPSA) is 41.6 Å². The van der Waals surface area contributed by atoms with Gasteiger partial charge in [0.1, 0.15) is 0 Å². The standard InChI is InChI=1S/C14H22N2O2/c1-4-10-18-14(17)15-13-7-5-6-12(11-13)8-9-16(2)3/h5-7,11H,4,8-10H2,1-3H3,(H,15,17). The van der Waals surface area contributed by atoms with Gasteiger partial charge in [-0.25, -0.2) is 4.79 Å². The molecule has 0 saturated carbocycles. The molecule has 0 atom stereocenters. The number of anilines is 1. The summed E-state index contributed by atoms with van der Waals surface area (Å²) in [6.45, 7) is 3.41. The molecule has 1 aromatic rings. The first kappa shape index (κ1) is 14.5. The van der Waals surface area contributed by atoms with Gasteiger partial charge in [-0.05, 0) is 44.6 Å². The number of rotatable bonds is 6. The van der Waals surface area contributed by atoms with E-state index in [9.17, 15) is 4.79 Å². The molecule has 0 aliphatic heterocycles. The van der Waals surface area contributed by atoms with Gasteiger partial charge in [-0.3, -0.25) is 5.32 Å². The first-order valence-electron chi connectivity index (χ1n) is 6.29. The van der Waals surface area contributed by atoms with Crippen molar-refractivity contribution in [2.24, 2.45) is 0 Å². The van der Waals surface area contributed by atoms with Crippen LogP contribution in [0.25, 0.3) is 0 Å². The van der Waals surface area contributed by atoms with E-state index in [1.807, 2.05) is 39.2 Å². The van der Waals surface area contributed by atoms with Crippen molar-refractivity contribution in [2.75, 3.05) is 32.6 Å². The second kappa shape index (κ2) is 7.71. The van der Waals surface area contributed by atoms with E-state index >= 15 is 0 Å². The zero-order chi connectivity index (χ0) is 13.4. The van der Waals surface area contributed by atoms with Crippen molar-refractivity contribution in [3.05, 3.63) is 29.8 Å². The molecule has 100 valence electrons. The highest BCUT2D eigenvalue weighted by Gasteiger charge is 2.03. The molecule has 0 bridgehead atoms. The van der Waals surface area contributed by atoms with E-state index in [1.165, 1.54) is 5.56 Å². The molecule has 0 aliphatic rings. The lowest BCUT2D eigenvalue weighted by molar-refractivity contribution is 0.161. The van der Waals surface area contributed by atoms with Crippen molar-refractivity contribution >= 4 is 11.8 Å². The number of ether oxygens (including phenoxy) is 1. The number of benzene rings is 1. The van der Waals surface area contributed by atoms with Crippen molar-refractivity contribution in [3.8, 4) is 0 Å². The lowest BCUT2D eigenvalue weighted by Crippen LogP contribution is -2.16. The van der Waals surface area contributed by atoms with E-state index in [-0.39, 0.29) is 6.09 Å². The number of hydrogen-bond acceptors (Lipinski definition) is 3. The predicted molar refractivity (Wildman–Crippen MR) is 74.0 cm³/mol. The molecule has 1 rings (SSSR count). The van der Waals surface area contributed by atoms with Gasteiger partial charge in [-0.2, -0.15) is 0 Å². The van der Waals surface area contributed by atoms with Gasteiger partial charge in [-0.15, -0.1) is 0 Å². The summed E-state index contributed by atoms with van der Waals surface area (Å²) >= 11 is 0. The van der Waals surface area contributed by atoms with Gasteiger partial charge < -0.3 is 9.64 Å². The van der Waals surface area contributed by atoms with Crippen LogP contribution in [0.2, 0.25) is 0 Å². The molecule has 1 amide bonds. The van der Waals surface area contributed by atoms with E-state index < -0.39 is 0 Å². The maximum Gasteiger partial charge on any atom is 0.411 e. The monoisotopic (exact) mass is 250 g/mol. The lowest BCUT2D eigenvalue weighted by Gasteiger charge is -2.11.